The predicted octanol–water partition coefficient (Wildman–Crippen LogP) is 6.40. The average Bonchev–Trinajstić information content (AvgIpc) is 3.72. The summed E-state index contributed by atoms with van der Waals surface area (Å²) in [4.78, 5) is 33.6. The van der Waals surface area contributed by atoms with Crippen molar-refractivity contribution in [1.29, 1.82) is 0 Å². The average molecular weight is 833 g/mol. The molecule has 0 spiro atoms. The lowest BCUT2D eigenvalue weighted by Gasteiger charge is -2.17. The molecule has 3 aromatic rings. The zero-order valence-electron chi connectivity index (χ0n) is 33.3. The number of para-hydroxylation sites is 2. The second-order valence-electron chi connectivity index (χ2n) is 14.4. The number of hydrogen-bond acceptors (Lipinski definition) is 14. The minimum Gasteiger partial charge on any atom is -0.575 e. The highest BCUT2D eigenvalue weighted by atomic mass is 32.1. The molecule has 17 heteroatoms. The first-order chi connectivity index (χ1) is 27.6. The molecular weight excluding hydrogens is 772 g/mol. The van der Waals surface area contributed by atoms with Crippen LogP contribution in [0.2, 0.25) is 0 Å². The van der Waals surface area contributed by atoms with Crippen LogP contribution in [0, 0.1) is 0 Å². The summed E-state index contributed by atoms with van der Waals surface area (Å²) in [6.45, 7) is 4.88. The number of aliphatic hydroxyl groups is 2. The third-order valence-corrected chi connectivity index (χ3v) is 11.0. The number of hydrogen-bond donors (Lipinski definition) is 4. The van der Waals surface area contributed by atoms with Gasteiger partial charge >= 0.3 is 14.1 Å². The SMILES string of the molecule is CCCCCCCCCCCCCCCCOCCCOC(=O)[C@@H](C)N=[P+]([O-])Oc1ccccc1OCC1O[C@@H](n2cc(C(N)=S)c3c(N)ncnc32)[C@H](O)[C@@H]1O. The molecule has 0 bridgehead atoms. The molecule has 0 amide bonds. The van der Waals surface area contributed by atoms with Crippen LogP contribution in [0.4, 0.5) is 5.82 Å². The van der Waals surface area contributed by atoms with Gasteiger partial charge in [-0.05, 0) is 25.5 Å². The number of nitrogen functional groups attached to an aromatic ring is 1. The molecule has 1 saturated heterocycles. The molecule has 316 valence electrons. The zero-order valence-corrected chi connectivity index (χ0v) is 35.0. The van der Waals surface area contributed by atoms with Gasteiger partial charge in [-0.2, -0.15) is 0 Å². The van der Waals surface area contributed by atoms with Gasteiger partial charge in [-0.3, -0.25) is 4.52 Å². The lowest BCUT2D eigenvalue weighted by Crippen LogP contribution is -2.34. The summed E-state index contributed by atoms with van der Waals surface area (Å²) in [7, 11) is -2.68. The van der Waals surface area contributed by atoms with Gasteiger partial charge in [-0.15, -0.1) is 0 Å². The number of unbranched alkanes of at least 4 members (excludes halogenated alkanes) is 13. The number of carbonyl (C=O) groups is 1. The van der Waals surface area contributed by atoms with Crippen LogP contribution in [0.15, 0.2) is 41.5 Å². The Kier molecular flexibility index (Phi) is 20.3. The molecule has 4 rings (SSSR count). The van der Waals surface area contributed by atoms with Gasteiger partial charge in [0, 0.05) is 31.4 Å². The van der Waals surface area contributed by atoms with E-state index in [9.17, 15) is 19.9 Å². The Morgan fingerprint density at radius 1 is 0.947 bits per heavy atom. The summed E-state index contributed by atoms with van der Waals surface area (Å²) in [6, 6.07) is 5.39. The molecule has 2 aromatic heterocycles. The van der Waals surface area contributed by atoms with E-state index >= 15 is 0 Å². The maximum absolute atomic E-state index is 12.8. The van der Waals surface area contributed by atoms with E-state index in [1.165, 1.54) is 101 Å². The smallest absolute Gasteiger partial charge is 0.395 e. The number of rotatable bonds is 28. The first kappa shape index (κ1) is 46.2. The summed E-state index contributed by atoms with van der Waals surface area (Å²) >= 11 is 5.16. The van der Waals surface area contributed by atoms with Crippen LogP contribution in [0.3, 0.4) is 0 Å². The maximum Gasteiger partial charge on any atom is 0.395 e. The largest absolute Gasteiger partial charge is 0.575 e. The molecule has 1 aliphatic heterocycles. The second-order valence-corrected chi connectivity index (χ2v) is 15.8. The lowest BCUT2D eigenvalue weighted by atomic mass is 10.0. The van der Waals surface area contributed by atoms with E-state index in [-0.39, 0.29) is 35.5 Å². The van der Waals surface area contributed by atoms with Gasteiger partial charge in [0.15, 0.2) is 18.0 Å². The number of anilines is 1. The normalized spacial score (nSPS) is 18.9. The molecule has 1 aromatic carbocycles. The predicted molar refractivity (Wildman–Crippen MR) is 222 cm³/mol. The van der Waals surface area contributed by atoms with Crippen LogP contribution in [0.1, 0.15) is 122 Å². The third-order valence-electron chi connectivity index (χ3n) is 9.87. The van der Waals surface area contributed by atoms with Crippen molar-refractivity contribution in [3.8, 4) is 11.5 Å². The summed E-state index contributed by atoms with van der Waals surface area (Å²) in [5.74, 6) is -0.206. The number of aromatic nitrogens is 3. The topological polar surface area (TPSA) is 222 Å². The zero-order chi connectivity index (χ0) is 41.0. The number of fused-ring (bicyclic) bond motifs is 1. The number of benzene rings is 1. The molecule has 0 saturated carbocycles. The Labute approximate surface area is 342 Å². The van der Waals surface area contributed by atoms with Crippen LogP contribution in [-0.4, -0.2) is 86.5 Å². The number of esters is 1. The van der Waals surface area contributed by atoms with Crippen molar-refractivity contribution in [3.05, 3.63) is 42.4 Å². The number of carbonyl (C=O) groups excluding carboxylic acids is 1. The van der Waals surface area contributed by atoms with Crippen LogP contribution >= 0.6 is 20.4 Å². The van der Waals surface area contributed by atoms with Gasteiger partial charge in [0.05, 0.1) is 12.0 Å². The van der Waals surface area contributed by atoms with Gasteiger partial charge in [0.1, 0.15) is 47.7 Å². The van der Waals surface area contributed by atoms with Crippen molar-refractivity contribution < 1.29 is 43.4 Å². The maximum atomic E-state index is 12.8. The summed E-state index contributed by atoms with van der Waals surface area (Å²) in [5.41, 5.74) is 12.6. The molecule has 15 nitrogen and oxygen atoms in total. The van der Waals surface area contributed by atoms with Crippen LogP contribution in [-0.2, 0) is 19.0 Å². The summed E-state index contributed by atoms with van der Waals surface area (Å²) in [5, 5.41) is 22.2. The van der Waals surface area contributed by atoms with E-state index in [1.54, 1.807) is 24.4 Å². The highest BCUT2D eigenvalue weighted by molar-refractivity contribution is 7.80. The van der Waals surface area contributed by atoms with E-state index in [4.69, 9.17) is 47.2 Å². The van der Waals surface area contributed by atoms with Crippen molar-refractivity contribution in [2.24, 2.45) is 10.5 Å². The number of nitrogens with two attached hydrogens (primary N) is 2. The van der Waals surface area contributed by atoms with E-state index in [0.29, 0.717) is 36.2 Å². The molecule has 0 radical (unpaired) electrons. The Hall–Kier alpha value is -3.50. The Morgan fingerprint density at radius 2 is 1.56 bits per heavy atom. The van der Waals surface area contributed by atoms with Gasteiger partial charge in [-0.25, -0.2) is 14.8 Å². The molecule has 6 atom stereocenters. The van der Waals surface area contributed by atoms with E-state index < -0.39 is 44.7 Å². The molecule has 0 aliphatic carbocycles. The lowest BCUT2D eigenvalue weighted by molar-refractivity contribution is -0.169. The number of thiocarbonyl (C=S) groups is 1. The van der Waals surface area contributed by atoms with Crippen LogP contribution < -0.4 is 25.6 Å². The second kappa shape index (κ2) is 25.1. The fraction of sp³-hybridized carbons (Fsp3) is 0.650. The standard InChI is InChI=1S/C40H61N6O9PS/c1-3-4-5-6-7-8-9-10-11-12-13-14-15-18-22-51-23-19-24-52-40(49)28(2)45-56(50)55-31-21-17-16-20-30(31)53-26-32-34(47)35(48)39(54-32)46-25-29(37(42)57)33-36(41)43-27-44-38(33)46/h16-17,20-21,25,27-28,32,34-35,39,47-48H,3-15,18-19,22-24,26H2,1-2H3,(H2,42,57)(H2,41,43,44)/t28-,32?,34-,35-,39-/m1/s1. The van der Waals surface area contributed by atoms with Crippen molar-refractivity contribution in [2.45, 2.75) is 141 Å². The summed E-state index contributed by atoms with van der Waals surface area (Å²) in [6.07, 6.45) is 16.9. The van der Waals surface area contributed by atoms with Crippen molar-refractivity contribution in [2.75, 3.05) is 32.2 Å². The van der Waals surface area contributed by atoms with Gasteiger partial charge in [0.25, 0.3) is 0 Å². The minimum atomic E-state index is -2.68. The molecule has 2 unspecified atom stereocenters. The number of ether oxygens (including phenoxy) is 4. The van der Waals surface area contributed by atoms with Gasteiger partial charge in [0.2, 0.25) is 5.75 Å². The third kappa shape index (κ3) is 14.7. The quantitative estimate of drug-likeness (QED) is 0.0269. The molecule has 1 aliphatic rings. The van der Waals surface area contributed by atoms with Gasteiger partial charge < -0.3 is 50.1 Å². The molecule has 6 N–H and O–H groups in total. The summed E-state index contributed by atoms with van der Waals surface area (Å²) < 4.78 is 33.9. The Morgan fingerprint density at radius 3 is 2.21 bits per heavy atom. The Bertz CT molecular complexity index is 1710. The number of aliphatic hydroxyl groups excluding tert-OH is 2. The fourth-order valence-corrected chi connectivity index (χ4v) is 7.55. The minimum absolute atomic E-state index is 0.0483. The van der Waals surface area contributed by atoms with Crippen LogP contribution in [0.25, 0.3) is 11.0 Å². The first-order valence-electron chi connectivity index (χ1n) is 20.4. The molecule has 1 fully saturated rings. The molecule has 57 heavy (non-hydrogen) atoms. The number of nitrogens with zero attached hydrogens (tertiary/aromatic N) is 4. The first-order valence-corrected chi connectivity index (χ1v) is 21.9. The Balaban J connectivity index is 1.11. The van der Waals surface area contributed by atoms with E-state index in [2.05, 4.69) is 21.6 Å². The van der Waals surface area contributed by atoms with E-state index in [1.807, 2.05) is 0 Å². The highest BCUT2D eigenvalue weighted by Crippen LogP contribution is 2.37. The van der Waals surface area contributed by atoms with Crippen molar-refractivity contribution in [1.82, 2.24) is 14.5 Å². The van der Waals surface area contributed by atoms with Gasteiger partial charge in [-0.1, -0.05) is 119 Å². The van der Waals surface area contributed by atoms with Crippen molar-refractivity contribution in [3.63, 3.8) is 0 Å². The molecular formula is C40H61N6O9PS. The monoisotopic (exact) mass is 832 g/mol. The van der Waals surface area contributed by atoms with Crippen LogP contribution in [0.5, 0.6) is 11.5 Å². The van der Waals surface area contributed by atoms with Crippen molar-refractivity contribution >= 4 is 48.2 Å². The fourth-order valence-electron chi connectivity index (χ4n) is 6.65. The highest BCUT2D eigenvalue weighted by Gasteiger charge is 2.45. The molecule has 3 heterocycles. The van der Waals surface area contributed by atoms with E-state index in [0.717, 1.165) is 12.8 Å².